The maximum absolute atomic E-state index is 12.5. The van der Waals surface area contributed by atoms with Crippen molar-refractivity contribution in [3.63, 3.8) is 0 Å². The quantitative estimate of drug-likeness (QED) is 0.764. The predicted molar refractivity (Wildman–Crippen MR) is 94.5 cm³/mol. The van der Waals surface area contributed by atoms with E-state index >= 15 is 0 Å². The largest absolute Gasteiger partial charge is 0.489 e. The molecule has 1 saturated heterocycles. The number of hydrogen-bond donors (Lipinski definition) is 1. The van der Waals surface area contributed by atoms with Gasteiger partial charge in [0.05, 0.1) is 11.7 Å². The van der Waals surface area contributed by atoms with Crippen molar-refractivity contribution in [2.45, 2.75) is 19.8 Å². The van der Waals surface area contributed by atoms with Crippen LogP contribution in [-0.2, 0) is 14.8 Å². The Kier molecular flexibility index (Phi) is 6.39. The lowest BCUT2D eigenvalue weighted by atomic mass is 9.98. The molecule has 1 heterocycles. The van der Waals surface area contributed by atoms with Crippen molar-refractivity contribution in [2.24, 2.45) is 5.92 Å². The SMILES string of the molecule is C=CCOc1cccc(NC(=O)[C@H]2CCCN(S(=O)(=O)CC)C2)c1. The fourth-order valence-corrected chi connectivity index (χ4v) is 3.83. The summed E-state index contributed by atoms with van der Waals surface area (Å²) in [5, 5.41) is 2.85. The van der Waals surface area contributed by atoms with Crippen LogP contribution in [-0.4, -0.2) is 44.1 Å². The molecule has 1 aromatic rings. The van der Waals surface area contributed by atoms with Gasteiger partial charge in [-0.2, -0.15) is 0 Å². The molecule has 0 radical (unpaired) electrons. The number of anilines is 1. The van der Waals surface area contributed by atoms with Gasteiger partial charge in [0, 0.05) is 24.8 Å². The van der Waals surface area contributed by atoms with Crippen LogP contribution >= 0.6 is 0 Å². The second-order valence-electron chi connectivity index (χ2n) is 5.71. The molecule has 0 spiro atoms. The average Bonchev–Trinajstić information content (AvgIpc) is 2.60. The minimum absolute atomic E-state index is 0.0596. The highest BCUT2D eigenvalue weighted by atomic mass is 32.2. The van der Waals surface area contributed by atoms with E-state index in [0.717, 1.165) is 0 Å². The molecule has 132 valence electrons. The van der Waals surface area contributed by atoms with Crippen LogP contribution in [0.1, 0.15) is 19.8 Å². The Hall–Kier alpha value is -1.86. The summed E-state index contributed by atoms with van der Waals surface area (Å²) >= 11 is 0. The van der Waals surface area contributed by atoms with E-state index in [-0.39, 0.29) is 24.1 Å². The number of ether oxygens (including phenoxy) is 1. The molecule has 1 atom stereocenters. The molecule has 0 aromatic heterocycles. The zero-order chi connectivity index (χ0) is 17.6. The van der Waals surface area contributed by atoms with Gasteiger partial charge in [0.1, 0.15) is 12.4 Å². The third-order valence-corrected chi connectivity index (χ3v) is 5.83. The third-order valence-electron chi connectivity index (χ3n) is 3.98. The minimum atomic E-state index is -3.25. The van der Waals surface area contributed by atoms with E-state index in [1.54, 1.807) is 37.3 Å². The highest BCUT2D eigenvalue weighted by Crippen LogP contribution is 2.23. The summed E-state index contributed by atoms with van der Waals surface area (Å²) in [5.41, 5.74) is 0.636. The van der Waals surface area contributed by atoms with E-state index in [1.807, 2.05) is 0 Å². The molecule has 2 rings (SSSR count). The summed E-state index contributed by atoms with van der Waals surface area (Å²) in [7, 11) is -3.25. The van der Waals surface area contributed by atoms with Crippen LogP contribution in [0.25, 0.3) is 0 Å². The Morgan fingerprint density at radius 3 is 3.00 bits per heavy atom. The maximum atomic E-state index is 12.5. The van der Waals surface area contributed by atoms with E-state index in [2.05, 4.69) is 11.9 Å². The molecule has 7 heteroatoms. The number of hydrogen-bond acceptors (Lipinski definition) is 4. The van der Waals surface area contributed by atoms with E-state index in [0.29, 0.717) is 37.4 Å². The molecule has 1 fully saturated rings. The Balaban J connectivity index is 2.00. The Bertz CT molecular complexity index is 688. The first kappa shape index (κ1) is 18.5. The first-order valence-electron chi connectivity index (χ1n) is 8.08. The van der Waals surface area contributed by atoms with E-state index in [4.69, 9.17) is 4.74 Å². The zero-order valence-corrected chi connectivity index (χ0v) is 14.7. The third kappa shape index (κ3) is 4.82. The van der Waals surface area contributed by atoms with E-state index in [1.165, 1.54) is 4.31 Å². The van der Waals surface area contributed by atoms with Gasteiger partial charge < -0.3 is 10.1 Å². The number of carbonyl (C=O) groups excluding carboxylic acids is 1. The molecule has 1 amide bonds. The van der Waals surface area contributed by atoms with Gasteiger partial charge in [-0.05, 0) is 31.9 Å². The minimum Gasteiger partial charge on any atom is -0.489 e. The fraction of sp³-hybridized carbons (Fsp3) is 0.471. The van der Waals surface area contributed by atoms with Gasteiger partial charge >= 0.3 is 0 Å². The van der Waals surface area contributed by atoms with Crippen molar-refractivity contribution in [1.29, 1.82) is 0 Å². The highest BCUT2D eigenvalue weighted by molar-refractivity contribution is 7.89. The number of amides is 1. The standard InChI is InChI=1S/C17H24N2O4S/c1-3-11-23-16-9-5-8-15(12-16)18-17(20)14-7-6-10-19(13-14)24(21,22)4-2/h3,5,8-9,12,14H,1,4,6-7,10-11,13H2,2H3,(H,18,20)/t14-/m0/s1. The summed E-state index contributed by atoms with van der Waals surface area (Å²) in [6, 6.07) is 7.12. The lowest BCUT2D eigenvalue weighted by molar-refractivity contribution is -0.120. The maximum Gasteiger partial charge on any atom is 0.228 e. The summed E-state index contributed by atoms with van der Waals surface area (Å²) in [6.45, 7) is 6.34. The van der Waals surface area contributed by atoms with Gasteiger partial charge in [-0.15, -0.1) is 0 Å². The van der Waals surface area contributed by atoms with Crippen LogP contribution in [0.3, 0.4) is 0 Å². The van der Waals surface area contributed by atoms with Crippen molar-refractivity contribution < 1.29 is 17.9 Å². The number of piperidine rings is 1. The van der Waals surface area contributed by atoms with Gasteiger partial charge in [-0.1, -0.05) is 18.7 Å². The van der Waals surface area contributed by atoms with Gasteiger partial charge in [-0.25, -0.2) is 12.7 Å². The Morgan fingerprint density at radius 1 is 1.50 bits per heavy atom. The second-order valence-corrected chi connectivity index (χ2v) is 7.97. The van der Waals surface area contributed by atoms with Crippen LogP contribution in [0.15, 0.2) is 36.9 Å². The number of carbonyl (C=O) groups is 1. The first-order chi connectivity index (χ1) is 11.5. The normalized spacial score (nSPS) is 18.8. The van der Waals surface area contributed by atoms with Crippen molar-refractivity contribution >= 4 is 21.6 Å². The molecular formula is C17H24N2O4S. The van der Waals surface area contributed by atoms with Gasteiger partial charge in [-0.3, -0.25) is 4.79 Å². The highest BCUT2D eigenvalue weighted by Gasteiger charge is 2.31. The van der Waals surface area contributed by atoms with Crippen LogP contribution in [0.4, 0.5) is 5.69 Å². The zero-order valence-electron chi connectivity index (χ0n) is 13.9. The first-order valence-corrected chi connectivity index (χ1v) is 9.69. The lowest BCUT2D eigenvalue weighted by Crippen LogP contribution is -2.44. The molecule has 1 aliphatic heterocycles. The lowest BCUT2D eigenvalue weighted by Gasteiger charge is -2.30. The van der Waals surface area contributed by atoms with Crippen LogP contribution in [0, 0.1) is 5.92 Å². The number of benzene rings is 1. The molecular weight excluding hydrogens is 328 g/mol. The van der Waals surface area contributed by atoms with Gasteiger partial charge in [0.15, 0.2) is 0 Å². The molecule has 0 saturated carbocycles. The van der Waals surface area contributed by atoms with E-state index < -0.39 is 10.0 Å². The summed E-state index contributed by atoms with van der Waals surface area (Å²) in [6.07, 6.45) is 3.03. The predicted octanol–water partition coefficient (Wildman–Crippen LogP) is 2.25. The summed E-state index contributed by atoms with van der Waals surface area (Å²) in [4.78, 5) is 12.5. The van der Waals surface area contributed by atoms with Crippen molar-refractivity contribution in [3.05, 3.63) is 36.9 Å². The van der Waals surface area contributed by atoms with Gasteiger partial charge in [0.25, 0.3) is 0 Å². The van der Waals surface area contributed by atoms with Crippen molar-refractivity contribution in [1.82, 2.24) is 4.31 Å². The monoisotopic (exact) mass is 352 g/mol. The number of nitrogens with zero attached hydrogens (tertiary/aromatic N) is 1. The number of rotatable bonds is 7. The van der Waals surface area contributed by atoms with Crippen LogP contribution in [0.2, 0.25) is 0 Å². The molecule has 0 bridgehead atoms. The summed E-state index contributed by atoms with van der Waals surface area (Å²) < 4.78 is 30.9. The fourth-order valence-electron chi connectivity index (χ4n) is 2.65. The topological polar surface area (TPSA) is 75.7 Å². The van der Waals surface area contributed by atoms with Crippen LogP contribution < -0.4 is 10.1 Å². The Labute approximate surface area is 143 Å². The molecule has 0 unspecified atom stereocenters. The molecule has 1 aliphatic rings. The molecule has 24 heavy (non-hydrogen) atoms. The number of sulfonamides is 1. The molecule has 6 nitrogen and oxygen atoms in total. The Morgan fingerprint density at radius 2 is 2.29 bits per heavy atom. The second kappa shape index (κ2) is 8.30. The molecule has 0 aliphatic carbocycles. The summed E-state index contributed by atoms with van der Waals surface area (Å²) in [5.74, 6) is 0.209. The smallest absolute Gasteiger partial charge is 0.228 e. The van der Waals surface area contributed by atoms with Crippen molar-refractivity contribution in [3.8, 4) is 5.75 Å². The van der Waals surface area contributed by atoms with Gasteiger partial charge in [0.2, 0.25) is 15.9 Å². The van der Waals surface area contributed by atoms with E-state index in [9.17, 15) is 13.2 Å². The van der Waals surface area contributed by atoms with Crippen molar-refractivity contribution in [2.75, 3.05) is 30.8 Å². The average molecular weight is 352 g/mol. The molecule has 1 N–H and O–H groups in total. The number of nitrogens with one attached hydrogen (secondary N) is 1. The molecule has 1 aromatic carbocycles. The van der Waals surface area contributed by atoms with Crippen LogP contribution in [0.5, 0.6) is 5.75 Å².